The molecule has 242 valence electrons. The van der Waals surface area contributed by atoms with Crippen LogP contribution in [0.1, 0.15) is 0 Å². The van der Waals surface area contributed by atoms with E-state index in [0.717, 1.165) is 33.4 Å². The molecule has 3 nitrogen and oxygen atoms in total. The number of fused-ring (bicyclic) bond motifs is 8. The van der Waals surface area contributed by atoms with E-state index in [2.05, 4.69) is 152 Å². The van der Waals surface area contributed by atoms with E-state index in [0.29, 0.717) is 17.5 Å². The first-order valence-corrected chi connectivity index (χ1v) is 17.6. The highest BCUT2D eigenvalue weighted by Gasteiger charge is 2.18. The molecule has 1 aromatic heterocycles. The van der Waals surface area contributed by atoms with Crippen LogP contribution in [0.2, 0.25) is 0 Å². The summed E-state index contributed by atoms with van der Waals surface area (Å²) in [7, 11) is 0. The van der Waals surface area contributed by atoms with Crippen LogP contribution in [0.3, 0.4) is 0 Å². The second kappa shape index (κ2) is 12.4. The number of aromatic nitrogens is 3. The lowest BCUT2D eigenvalue weighted by atomic mass is 9.86. The molecule has 9 aromatic carbocycles. The minimum atomic E-state index is 0.633. The zero-order valence-corrected chi connectivity index (χ0v) is 28.2. The van der Waals surface area contributed by atoms with Crippen LogP contribution in [0.5, 0.6) is 0 Å². The van der Waals surface area contributed by atoms with Crippen molar-refractivity contribution in [2.75, 3.05) is 0 Å². The fourth-order valence-electron chi connectivity index (χ4n) is 7.65. The molecule has 0 aliphatic rings. The first-order valence-electron chi connectivity index (χ1n) is 17.6. The average molecular weight is 662 g/mol. The summed E-state index contributed by atoms with van der Waals surface area (Å²) in [4.78, 5) is 15.2. The second-order valence-corrected chi connectivity index (χ2v) is 13.2. The standard InChI is InChI=1S/C49H31N3/c1-4-16-32(17-5-1)35-28-36(30-37(29-35)49-51-47(33-18-6-2-7-19-33)50-48(52-49)34-20-8-3-9-21-34)44-31-45-40-24-11-10-22-38(40)39-23-12-14-26-42(39)46(45)43-27-15-13-25-41(43)44/h1-31H. The third-order valence-electron chi connectivity index (χ3n) is 10.1. The van der Waals surface area contributed by atoms with Crippen molar-refractivity contribution in [1.82, 2.24) is 15.0 Å². The number of benzene rings is 9. The van der Waals surface area contributed by atoms with Crippen LogP contribution in [0.15, 0.2) is 188 Å². The third kappa shape index (κ3) is 5.10. The summed E-state index contributed by atoms with van der Waals surface area (Å²) < 4.78 is 0. The number of rotatable bonds is 5. The molecule has 0 unspecified atom stereocenters. The van der Waals surface area contributed by atoms with Gasteiger partial charge in [0.1, 0.15) is 0 Å². The smallest absolute Gasteiger partial charge is 0.164 e. The van der Waals surface area contributed by atoms with Crippen molar-refractivity contribution in [3.8, 4) is 56.4 Å². The molecule has 10 aromatic rings. The van der Waals surface area contributed by atoms with E-state index in [-0.39, 0.29) is 0 Å². The molecule has 10 rings (SSSR count). The number of nitrogens with zero attached hydrogens (tertiary/aromatic N) is 3. The summed E-state index contributed by atoms with van der Waals surface area (Å²) >= 11 is 0. The Hall–Kier alpha value is -6.97. The van der Waals surface area contributed by atoms with Crippen LogP contribution in [0.25, 0.3) is 99.5 Å². The van der Waals surface area contributed by atoms with Crippen molar-refractivity contribution < 1.29 is 0 Å². The maximum atomic E-state index is 5.13. The van der Waals surface area contributed by atoms with Gasteiger partial charge in [0, 0.05) is 16.7 Å². The van der Waals surface area contributed by atoms with E-state index in [1.807, 2.05) is 36.4 Å². The van der Waals surface area contributed by atoms with E-state index in [1.165, 1.54) is 48.7 Å². The van der Waals surface area contributed by atoms with Crippen LogP contribution in [0, 0.1) is 0 Å². The minimum absolute atomic E-state index is 0.633. The van der Waals surface area contributed by atoms with Gasteiger partial charge in [-0.1, -0.05) is 164 Å². The molecule has 0 fully saturated rings. The highest BCUT2D eigenvalue weighted by Crippen LogP contribution is 2.44. The van der Waals surface area contributed by atoms with Crippen molar-refractivity contribution in [3.05, 3.63) is 188 Å². The fourth-order valence-corrected chi connectivity index (χ4v) is 7.65. The molecule has 0 radical (unpaired) electrons. The Morgan fingerprint density at radius 1 is 0.231 bits per heavy atom. The summed E-state index contributed by atoms with van der Waals surface area (Å²) in [6, 6.07) is 66.5. The topological polar surface area (TPSA) is 38.7 Å². The lowest BCUT2D eigenvalue weighted by molar-refractivity contribution is 1.07. The van der Waals surface area contributed by atoms with Gasteiger partial charge in [-0.15, -0.1) is 0 Å². The maximum Gasteiger partial charge on any atom is 0.164 e. The third-order valence-corrected chi connectivity index (χ3v) is 10.1. The Kier molecular flexibility index (Phi) is 7.14. The summed E-state index contributed by atoms with van der Waals surface area (Å²) in [6.07, 6.45) is 0. The lowest BCUT2D eigenvalue weighted by Gasteiger charge is -2.17. The summed E-state index contributed by atoms with van der Waals surface area (Å²) in [5.41, 5.74) is 7.33. The molecule has 52 heavy (non-hydrogen) atoms. The van der Waals surface area contributed by atoms with Crippen molar-refractivity contribution in [1.29, 1.82) is 0 Å². The first kappa shape index (κ1) is 29.9. The Labute approximate surface area is 301 Å². The molecule has 0 aliphatic heterocycles. The van der Waals surface area contributed by atoms with Crippen molar-refractivity contribution >= 4 is 43.1 Å². The molecule has 0 saturated heterocycles. The molecular weight excluding hydrogens is 631 g/mol. The Balaban J connectivity index is 1.29. The van der Waals surface area contributed by atoms with Crippen molar-refractivity contribution in [2.24, 2.45) is 0 Å². The quantitative estimate of drug-likeness (QED) is 0.172. The largest absolute Gasteiger partial charge is 0.208 e. The molecule has 0 spiro atoms. The monoisotopic (exact) mass is 661 g/mol. The molecule has 3 heteroatoms. The van der Waals surface area contributed by atoms with Crippen molar-refractivity contribution in [2.45, 2.75) is 0 Å². The summed E-state index contributed by atoms with van der Waals surface area (Å²) in [5.74, 6) is 1.92. The fraction of sp³-hybridized carbons (Fsp3) is 0. The highest BCUT2D eigenvalue weighted by molar-refractivity contribution is 6.33. The molecular formula is C49H31N3. The van der Waals surface area contributed by atoms with Crippen LogP contribution in [-0.2, 0) is 0 Å². The molecule has 0 saturated carbocycles. The highest BCUT2D eigenvalue weighted by atomic mass is 15.0. The summed E-state index contributed by atoms with van der Waals surface area (Å²) in [6.45, 7) is 0. The van der Waals surface area contributed by atoms with Gasteiger partial charge >= 0.3 is 0 Å². The lowest BCUT2D eigenvalue weighted by Crippen LogP contribution is -2.00. The summed E-state index contributed by atoms with van der Waals surface area (Å²) in [5, 5.41) is 10.0. The predicted octanol–water partition coefficient (Wildman–Crippen LogP) is 12.8. The Morgan fingerprint density at radius 2 is 0.596 bits per heavy atom. The van der Waals surface area contributed by atoms with E-state index >= 15 is 0 Å². The van der Waals surface area contributed by atoms with E-state index in [4.69, 9.17) is 15.0 Å². The Bertz CT molecular complexity index is 2880. The molecule has 0 N–H and O–H groups in total. The first-order chi connectivity index (χ1) is 25.8. The predicted molar refractivity (Wildman–Crippen MR) is 217 cm³/mol. The minimum Gasteiger partial charge on any atom is -0.208 e. The van der Waals surface area contributed by atoms with E-state index < -0.39 is 0 Å². The van der Waals surface area contributed by atoms with E-state index in [9.17, 15) is 0 Å². The van der Waals surface area contributed by atoms with Gasteiger partial charge in [-0.2, -0.15) is 0 Å². The van der Waals surface area contributed by atoms with Crippen LogP contribution >= 0.6 is 0 Å². The van der Waals surface area contributed by atoms with Crippen LogP contribution < -0.4 is 0 Å². The van der Waals surface area contributed by atoms with Gasteiger partial charge in [-0.05, 0) is 89.6 Å². The molecule has 0 atom stereocenters. The van der Waals surface area contributed by atoms with Gasteiger partial charge in [0.2, 0.25) is 0 Å². The maximum absolute atomic E-state index is 5.13. The van der Waals surface area contributed by atoms with Gasteiger partial charge in [0.15, 0.2) is 17.5 Å². The molecule has 0 aliphatic carbocycles. The number of hydrogen-bond donors (Lipinski definition) is 0. The van der Waals surface area contributed by atoms with Gasteiger partial charge in [-0.3, -0.25) is 0 Å². The zero-order chi connectivity index (χ0) is 34.4. The van der Waals surface area contributed by atoms with E-state index in [1.54, 1.807) is 0 Å². The SMILES string of the molecule is c1ccc(-c2cc(-c3nc(-c4ccccc4)nc(-c4ccccc4)n3)cc(-c3cc4c5ccccc5c5ccccc5c4c4ccccc34)c2)cc1. The molecule has 0 bridgehead atoms. The van der Waals surface area contributed by atoms with Crippen LogP contribution in [-0.4, -0.2) is 15.0 Å². The average Bonchev–Trinajstić information content (AvgIpc) is 3.24. The van der Waals surface area contributed by atoms with Gasteiger partial charge < -0.3 is 0 Å². The Morgan fingerprint density at radius 3 is 1.15 bits per heavy atom. The van der Waals surface area contributed by atoms with Crippen LogP contribution in [0.4, 0.5) is 0 Å². The number of hydrogen-bond acceptors (Lipinski definition) is 3. The second-order valence-electron chi connectivity index (χ2n) is 13.2. The van der Waals surface area contributed by atoms with Gasteiger partial charge in [0.05, 0.1) is 0 Å². The van der Waals surface area contributed by atoms with Gasteiger partial charge in [-0.25, -0.2) is 15.0 Å². The normalized spacial score (nSPS) is 11.5. The molecule has 0 amide bonds. The van der Waals surface area contributed by atoms with Gasteiger partial charge in [0.25, 0.3) is 0 Å². The zero-order valence-electron chi connectivity index (χ0n) is 28.2. The van der Waals surface area contributed by atoms with Crippen molar-refractivity contribution in [3.63, 3.8) is 0 Å². The molecule has 1 heterocycles.